The van der Waals surface area contributed by atoms with Crippen LogP contribution in [0.1, 0.15) is 29.8 Å². The van der Waals surface area contributed by atoms with Crippen LogP contribution in [0.4, 0.5) is 0 Å². The third-order valence-corrected chi connectivity index (χ3v) is 5.48. The summed E-state index contributed by atoms with van der Waals surface area (Å²) in [5, 5.41) is 0. The van der Waals surface area contributed by atoms with E-state index in [1.807, 2.05) is 0 Å². The maximum absolute atomic E-state index is 12.7. The molecule has 0 atom stereocenters. The number of hydrogen-bond acceptors (Lipinski definition) is 6. The van der Waals surface area contributed by atoms with Gasteiger partial charge in [0.25, 0.3) is 11.5 Å². The lowest BCUT2D eigenvalue weighted by atomic mass is 10.2. The summed E-state index contributed by atoms with van der Waals surface area (Å²) < 4.78 is 24.6. The molecule has 1 aromatic carbocycles. The highest BCUT2D eigenvalue weighted by atomic mass is 31.2. The molecular formula is C17H21N2O6P. The van der Waals surface area contributed by atoms with Gasteiger partial charge in [-0.25, -0.2) is 4.79 Å². The Kier molecular flexibility index (Phi) is 6.47. The topological polar surface area (TPSA) is 96.6 Å². The first-order valence-electron chi connectivity index (χ1n) is 8.14. The summed E-state index contributed by atoms with van der Waals surface area (Å²) in [5.74, 6) is -0.749. The first-order valence-corrected chi connectivity index (χ1v) is 9.86. The molecule has 0 bridgehead atoms. The van der Waals surface area contributed by atoms with Crippen molar-refractivity contribution < 1.29 is 18.4 Å². The van der Waals surface area contributed by atoms with Crippen molar-refractivity contribution in [1.82, 2.24) is 9.13 Å². The van der Waals surface area contributed by atoms with Crippen molar-refractivity contribution in [2.75, 3.05) is 13.2 Å². The van der Waals surface area contributed by atoms with Gasteiger partial charge in [0.2, 0.25) is 0 Å². The van der Waals surface area contributed by atoms with Gasteiger partial charge in [-0.1, -0.05) is 18.2 Å². The fourth-order valence-corrected chi connectivity index (χ4v) is 4.03. The zero-order valence-electron chi connectivity index (χ0n) is 14.9. The minimum absolute atomic E-state index is 0.133. The molecule has 26 heavy (non-hydrogen) atoms. The Balaban J connectivity index is 2.56. The van der Waals surface area contributed by atoms with Crippen molar-refractivity contribution in [2.45, 2.75) is 27.1 Å². The van der Waals surface area contributed by atoms with Gasteiger partial charge in [0, 0.05) is 17.3 Å². The number of benzene rings is 1. The van der Waals surface area contributed by atoms with E-state index in [0.717, 1.165) is 4.57 Å². The average molecular weight is 380 g/mol. The van der Waals surface area contributed by atoms with E-state index < -0.39 is 31.0 Å². The number of rotatable bonds is 7. The zero-order valence-corrected chi connectivity index (χ0v) is 15.8. The van der Waals surface area contributed by atoms with Crippen LogP contribution in [0, 0.1) is 6.92 Å². The third kappa shape index (κ3) is 4.27. The minimum atomic E-state index is -3.59. The number of hydrogen-bond donors (Lipinski definition) is 0. The van der Waals surface area contributed by atoms with Crippen LogP contribution in [-0.2, 0) is 19.9 Å². The molecule has 1 aromatic heterocycles. The van der Waals surface area contributed by atoms with Gasteiger partial charge in [-0.2, -0.15) is 4.57 Å². The second-order valence-electron chi connectivity index (χ2n) is 5.46. The Labute approximate surface area is 150 Å². The van der Waals surface area contributed by atoms with Crippen molar-refractivity contribution in [2.24, 2.45) is 0 Å². The highest BCUT2D eigenvalue weighted by Crippen LogP contribution is 2.49. The molecule has 9 heteroatoms. The van der Waals surface area contributed by atoms with Crippen molar-refractivity contribution >= 4 is 13.5 Å². The van der Waals surface area contributed by atoms with E-state index in [-0.39, 0.29) is 24.3 Å². The zero-order chi connectivity index (χ0) is 19.3. The summed E-state index contributed by atoms with van der Waals surface area (Å²) in [7, 11) is -3.59. The summed E-state index contributed by atoms with van der Waals surface area (Å²) >= 11 is 0. The second-order valence-corrected chi connectivity index (χ2v) is 7.49. The Hall–Kier alpha value is -2.28. The maximum Gasteiger partial charge on any atom is 0.350 e. The molecule has 0 aliphatic heterocycles. The molecule has 0 aliphatic carbocycles. The number of aromatic nitrogens is 2. The molecule has 2 aromatic rings. The Morgan fingerprint density at radius 3 is 2.19 bits per heavy atom. The molecule has 0 radical (unpaired) electrons. The van der Waals surface area contributed by atoms with Crippen molar-refractivity contribution in [3.05, 3.63) is 68.5 Å². The summed E-state index contributed by atoms with van der Waals surface area (Å²) in [4.78, 5) is 37.7. The van der Waals surface area contributed by atoms with Gasteiger partial charge in [-0.3, -0.25) is 18.7 Å². The number of carbonyl (C=O) groups excluding carboxylic acids is 1. The molecule has 0 amide bonds. The Bertz CT molecular complexity index is 938. The monoisotopic (exact) mass is 380 g/mol. The molecule has 2 rings (SSSR count). The number of nitrogens with zero attached hydrogens (tertiary/aromatic N) is 2. The van der Waals surface area contributed by atoms with Gasteiger partial charge >= 0.3 is 13.3 Å². The van der Waals surface area contributed by atoms with Gasteiger partial charge in [-0.15, -0.1) is 0 Å². The van der Waals surface area contributed by atoms with E-state index in [0.29, 0.717) is 4.57 Å². The SMILES string of the molecule is CCOP(=O)(Cn1cc(C)c(=O)n(C(=O)c2ccccc2)c1=O)OCC. The van der Waals surface area contributed by atoms with Crippen LogP contribution < -0.4 is 11.2 Å². The highest BCUT2D eigenvalue weighted by molar-refractivity contribution is 7.52. The standard InChI is InChI=1S/C17H21N2O6P/c1-4-24-26(23,25-5-2)12-18-11-13(3)15(20)19(17(18)22)16(21)14-9-7-6-8-10-14/h6-11H,4-5,12H2,1-3H3. The first-order chi connectivity index (χ1) is 12.3. The van der Waals surface area contributed by atoms with Crippen LogP contribution in [0.2, 0.25) is 0 Å². The fraction of sp³-hybridized carbons (Fsp3) is 0.353. The molecule has 1 heterocycles. The lowest BCUT2D eigenvalue weighted by Gasteiger charge is -2.19. The molecule has 0 unspecified atom stereocenters. The van der Waals surface area contributed by atoms with Crippen LogP contribution in [0.3, 0.4) is 0 Å². The fourth-order valence-electron chi connectivity index (χ4n) is 2.43. The number of carbonyl (C=O) groups is 1. The molecule has 0 aliphatic rings. The molecule has 0 saturated carbocycles. The molecule has 0 saturated heterocycles. The predicted octanol–water partition coefficient (Wildman–Crippen LogP) is 2.23. The van der Waals surface area contributed by atoms with Crippen LogP contribution >= 0.6 is 7.60 Å². The molecule has 0 spiro atoms. The van der Waals surface area contributed by atoms with Crippen molar-refractivity contribution in [1.29, 1.82) is 0 Å². The van der Waals surface area contributed by atoms with Crippen LogP contribution in [0.25, 0.3) is 0 Å². The van der Waals surface area contributed by atoms with Gasteiger partial charge in [0.15, 0.2) is 0 Å². The Morgan fingerprint density at radius 2 is 1.65 bits per heavy atom. The van der Waals surface area contributed by atoms with Crippen LogP contribution in [0.5, 0.6) is 0 Å². The maximum atomic E-state index is 12.7. The number of aryl methyl sites for hydroxylation is 1. The predicted molar refractivity (Wildman–Crippen MR) is 96.7 cm³/mol. The first kappa shape index (κ1) is 20.0. The van der Waals surface area contributed by atoms with E-state index in [2.05, 4.69) is 0 Å². The van der Waals surface area contributed by atoms with E-state index in [9.17, 15) is 18.9 Å². The van der Waals surface area contributed by atoms with Gasteiger partial charge in [-0.05, 0) is 32.9 Å². The largest absolute Gasteiger partial charge is 0.350 e. The van der Waals surface area contributed by atoms with Crippen molar-refractivity contribution in [3.8, 4) is 0 Å². The van der Waals surface area contributed by atoms with Crippen molar-refractivity contribution in [3.63, 3.8) is 0 Å². The van der Waals surface area contributed by atoms with Gasteiger partial charge in [0.1, 0.15) is 6.29 Å². The third-order valence-electron chi connectivity index (χ3n) is 3.53. The lowest BCUT2D eigenvalue weighted by molar-refractivity contribution is 0.0947. The molecule has 140 valence electrons. The molecule has 0 fully saturated rings. The normalized spacial score (nSPS) is 11.5. The summed E-state index contributed by atoms with van der Waals surface area (Å²) in [6, 6.07) is 7.99. The molecular weight excluding hydrogens is 359 g/mol. The van der Waals surface area contributed by atoms with Gasteiger partial charge < -0.3 is 9.05 Å². The summed E-state index contributed by atoms with van der Waals surface area (Å²) in [6.45, 7) is 5.04. The Morgan fingerprint density at radius 1 is 1.08 bits per heavy atom. The van der Waals surface area contributed by atoms with E-state index in [1.165, 1.54) is 25.3 Å². The summed E-state index contributed by atoms with van der Waals surface area (Å²) in [5.41, 5.74) is -1.26. The minimum Gasteiger partial charge on any atom is -0.308 e. The van der Waals surface area contributed by atoms with E-state index in [1.54, 1.807) is 32.0 Å². The summed E-state index contributed by atoms with van der Waals surface area (Å²) in [6.07, 6.45) is 0.862. The van der Waals surface area contributed by atoms with Crippen LogP contribution in [-0.4, -0.2) is 28.3 Å². The average Bonchev–Trinajstić information content (AvgIpc) is 2.61. The van der Waals surface area contributed by atoms with E-state index >= 15 is 0 Å². The molecule has 8 nitrogen and oxygen atoms in total. The highest BCUT2D eigenvalue weighted by Gasteiger charge is 2.27. The quantitative estimate of drug-likeness (QED) is 0.684. The van der Waals surface area contributed by atoms with Crippen LogP contribution in [0.15, 0.2) is 46.1 Å². The second kappa shape index (κ2) is 8.40. The molecule has 0 N–H and O–H groups in total. The lowest BCUT2D eigenvalue weighted by Crippen LogP contribution is -2.44. The van der Waals surface area contributed by atoms with Gasteiger partial charge in [0.05, 0.1) is 13.2 Å². The van der Waals surface area contributed by atoms with E-state index in [4.69, 9.17) is 9.05 Å². The smallest absolute Gasteiger partial charge is 0.308 e.